The van der Waals surface area contributed by atoms with Gasteiger partial charge in [0.05, 0.1) is 19.3 Å². The Hall–Kier alpha value is -2.95. The van der Waals surface area contributed by atoms with Gasteiger partial charge in [0.15, 0.2) is 0 Å². The monoisotopic (exact) mass is 414 g/mol. The topological polar surface area (TPSA) is 41.6 Å². The molecular formula is C27H30N2O2. The highest BCUT2D eigenvalue weighted by Gasteiger charge is 2.24. The van der Waals surface area contributed by atoms with Crippen molar-refractivity contribution < 1.29 is 9.53 Å². The van der Waals surface area contributed by atoms with Crippen LogP contribution < -0.4 is 5.32 Å². The molecule has 4 nitrogen and oxygen atoms in total. The Kier molecular flexibility index (Phi) is 7.13. The molecule has 1 aliphatic rings. The number of hydrogen-bond acceptors (Lipinski definition) is 3. The van der Waals surface area contributed by atoms with Crippen molar-refractivity contribution in [1.82, 2.24) is 10.2 Å². The number of nitrogens with zero attached hydrogens (tertiary/aromatic N) is 1. The van der Waals surface area contributed by atoms with Crippen LogP contribution in [0.15, 0.2) is 78.9 Å². The summed E-state index contributed by atoms with van der Waals surface area (Å²) in [5.41, 5.74) is 6.13. The van der Waals surface area contributed by atoms with E-state index in [4.69, 9.17) is 4.74 Å². The summed E-state index contributed by atoms with van der Waals surface area (Å²) >= 11 is 0. The number of amides is 1. The largest absolute Gasteiger partial charge is 0.372 e. The van der Waals surface area contributed by atoms with Crippen LogP contribution in [0.1, 0.15) is 34.7 Å². The molecule has 0 aromatic heterocycles. The molecule has 0 aliphatic carbocycles. The average Bonchev–Trinajstić information content (AvgIpc) is 2.83. The average molecular weight is 415 g/mol. The van der Waals surface area contributed by atoms with Gasteiger partial charge in [0.25, 0.3) is 0 Å². The van der Waals surface area contributed by atoms with Gasteiger partial charge in [0, 0.05) is 19.6 Å². The minimum atomic E-state index is -0.140. The summed E-state index contributed by atoms with van der Waals surface area (Å²) in [5, 5.41) is 3.09. The first-order valence-electron chi connectivity index (χ1n) is 11.0. The molecule has 0 bridgehead atoms. The zero-order valence-electron chi connectivity index (χ0n) is 18.1. The van der Waals surface area contributed by atoms with E-state index in [-0.39, 0.29) is 11.9 Å². The van der Waals surface area contributed by atoms with E-state index in [0.29, 0.717) is 19.8 Å². The van der Waals surface area contributed by atoms with Crippen LogP contribution in [0.4, 0.5) is 0 Å². The molecule has 3 aromatic rings. The maximum absolute atomic E-state index is 12.7. The van der Waals surface area contributed by atoms with E-state index < -0.39 is 0 Å². The summed E-state index contributed by atoms with van der Waals surface area (Å²) in [6, 6.07) is 26.8. The molecule has 4 rings (SSSR count). The van der Waals surface area contributed by atoms with Crippen molar-refractivity contribution in [2.24, 2.45) is 0 Å². The zero-order valence-corrected chi connectivity index (χ0v) is 18.1. The van der Waals surface area contributed by atoms with Gasteiger partial charge in [0.2, 0.25) is 5.91 Å². The molecule has 1 heterocycles. The van der Waals surface area contributed by atoms with Crippen molar-refractivity contribution in [2.75, 3.05) is 6.54 Å². The molecule has 4 heteroatoms. The minimum Gasteiger partial charge on any atom is -0.372 e. The first kappa shape index (κ1) is 21.3. The number of hydrogen-bond donors (Lipinski definition) is 1. The van der Waals surface area contributed by atoms with Crippen molar-refractivity contribution in [3.05, 3.63) is 107 Å². The van der Waals surface area contributed by atoms with Crippen molar-refractivity contribution in [2.45, 2.75) is 45.7 Å². The molecule has 1 amide bonds. The van der Waals surface area contributed by atoms with Crippen molar-refractivity contribution in [3.63, 3.8) is 0 Å². The SMILES string of the molecule is CC(C(=O)NCc1ccc(COCc2ccccc2)cc1)N1CCc2ccccc2C1. The molecule has 31 heavy (non-hydrogen) atoms. The van der Waals surface area contributed by atoms with E-state index >= 15 is 0 Å². The summed E-state index contributed by atoms with van der Waals surface area (Å²) in [4.78, 5) is 15.0. The Morgan fingerprint density at radius 1 is 0.871 bits per heavy atom. The van der Waals surface area contributed by atoms with Gasteiger partial charge >= 0.3 is 0 Å². The maximum Gasteiger partial charge on any atom is 0.237 e. The molecule has 160 valence electrons. The molecule has 0 fully saturated rings. The lowest BCUT2D eigenvalue weighted by Crippen LogP contribution is -2.46. The second kappa shape index (κ2) is 10.4. The van der Waals surface area contributed by atoms with Crippen molar-refractivity contribution >= 4 is 5.91 Å². The van der Waals surface area contributed by atoms with Crippen molar-refractivity contribution in [1.29, 1.82) is 0 Å². The van der Waals surface area contributed by atoms with Gasteiger partial charge in [-0.05, 0) is 41.2 Å². The van der Waals surface area contributed by atoms with Gasteiger partial charge in [-0.2, -0.15) is 0 Å². The Balaban J connectivity index is 1.22. The molecule has 1 aliphatic heterocycles. The number of ether oxygens (including phenoxy) is 1. The van der Waals surface area contributed by atoms with E-state index in [1.54, 1.807) is 0 Å². The Morgan fingerprint density at radius 2 is 1.48 bits per heavy atom. The fourth-order valence-electron chi connectivity index (χ4n) is 3.97. The third-order valence-electron chi connectivity index (χ3n) is 5.96. The molecule has 3 aromatic carbocycles. The summed E-state index contributed by atoms with van der Waals surface area (Å²) in [6.07, 6.45) is 1.00. The van der Waals surface area contributed by atoms with Gasteiger partial charge in [0.1, 0.15) is 0 Å². The number of carbonyl (C=O) groups excluding carboxylic acids is 1. The first-order valence-corrected chi connectivity index (χ1v) is 11.0. The van der Waals surface area contributed by atoms with E-state index in [1.165, 1.54) is 16.7 Å². The smallest absolute Gasteiger partial charge is 0.237 e. The Bertz CT molecular complexity index is 986. The van der Waals surface area contributed by atoms with Crippen LogP contribution in [-0.4, -0.2) is 23.4 Å². The van der Waals surface area contributed by atoms with Gasteiger partial charge < -0.3 is 10.1 Å². The number of rotatable bonds is 8. The van der Waals surface area contributed by atoms with Crippen LogP contribution in [0.25, 0.3) is 0 Å². The molecule has 0 saturated carbocycles. The lowest BCUT2D eigenvalue weighted by molar-refractivity contribution is -0.126. The highest BCUT2D eigenvalue weighted by Crippen LogP contribution is 2.20. The first-order chi connectivity index (χ1) is 15.2. The molecular weight excluding hydrogens is 384 g/mol. The quantitative estimate of drug-likeness (QED) is 0.591. The molecule has 0 saturated heterocycles. The fraction of sp³-hybridized carbons (Fsp3) is 0.296. The summed E-state index contributed by atoms with van der Waals surface area (Å²) in [5.74, 6) is 0.0784. The van der Waals surface area contributed by atoms with E-state index in [2.05, 4.69) is 70.9 Å². The Morgan fingerprint density at radius 3 is 2.23 bits per heavy atom. The molecule has 1 N–H and O–H groups in total. The number of fused-ring (bicyclic) bond motifs is 1. The normalized spacial score (nSPS) is 14.6. The maximum atomic E-state index is 12.7. The van der Waals surface area contributed by atoms with Gasteiger partial charge in [-0.25, -0.2) is 0 Å². The lowest BCUT2D eigenvalue weighted by atomic mass is 9.99. The van der Waals surface area contributed by atoms with Crippen LogP contribution in [0.2, 0.25) is 0 Å². The number of nitrogens with one attached hydrogen (secondary N) is 1. The standard InChI is InChI=1S/C27H30N2O2/c1-21(29-16-15-25-9-5-6-10-26(25)18-29)27(30)28-17-22-11-13-24(14-12-22)20-31-19-23-7-3-2-4-8-23/h2-14,21H,15-20H2,1H3,(H,28,30). The highest BCUT2D eigenvalue weighted by molar-refractivity contribution is 5.81. The predicted molar refractivity (Wildman–Crippen MR) is 123 cm³/mol. The lowest BCUT2D eigenvalue weighted by Gasteiger charge is -2.32. The predicted octanol–water partition coefficient (Wildman–Crippen LogP) is 4.47. The Labute approximate surface area is 184 Å². The summed E-state index contributed by atoms with van der Waals surface area (Å²) < 4.78 is 5.79. The van der Waals surface area contributed by atoms with Crippen molar-refractivity contribution in [3.8, 4) is 0 Å². The van der Waals surface area contributed by atoms with Crippen LogP contribution in [0, 0.1) is 0 Å². The van der Waals surface area contributed by atoms with E-state index in [1.807, 2.05) is 25.1 Å². The third-order valence-corrected chi connectivity index (χ3v) is 5.96. The van der Waals surface area contributed by atoms with E-state index in [0.717, 1.165) is 30.6 Å². The highest BCUT2D eigenvalue weighted by atomic mass is 16.5. The molecule has 1 unspecified atom stereocenters. The molecule has 0 radical (unpaired) electrons. The second-order valence-electron chi connectivity index (χ2n) is 8.18. The zero-order chi connectivity index (χ0) is 21.5. The summed E-state index contributed by atoms with van der Waals surface area (Å²) in [6.45, 7) is 5.48. The van der Waals surface area contributed by atoms with E-state index in [9.17, 15) is 4.79 Å². The molecule has 0 spiro atoms. The summed E-state index contributed by atoms with van der Waals surface area (Å²) in [7, 11) is 0. The number of carbonyl (C=O) groups is 1. The fourth-order valence-corrected chi connectivity index (χ4v) is 3.97. The minimum absolute atomic E-state index is 0.0784. The van der Waals surface area contributed by atoms with Gasteiger partial charge in [-0.15, -0.1) is 0 Å². The van der Waals surface area contributed by atoms with Gasteiger partial charge in [-0.3, -0.25) is 9.69 Å². The molecule has 1 atom stereocenters. The van der Waals surface area contributed by atoms with Gasteiger partial charge in [-0.1, -0.05) is 78.9 Å². The van der Waals surface area contributed by atoms with Crippen LogP contribution in [0.3, 0.4) is 0 Å². The number of benzene rings is 3. The van der Waals surface area contributed by atoms with Crippen LogP contribution in [0.5, 0.6) is 0 Å². The van der Waals surface area contributed by atoms with Crippen LogP contribution in [-0.2, 0) is 42.3 Å². The third kappa shape index (κ3) is 5.81. The second-order valence-corrected chi connectivity index (χ2v) is 8.18. The van der Waals surface area contributed by atoms with Crippen LogP contribution >= 0.6 is 0 Å².